The van der Waals surface area contributed by atoms with Crippen molar-refractivity contribution < 1.29 is 31.6 Å². The van der Waals surface area contributed by atoms with Crippen LogP contribution < -0.4 is 0 Å². The van der Waals surface area contributed by atoms with Gasteiger partial charge >= 0.3 is 0 Å². The first-order valence-electron chi connectivity index (χ1n) is 4.45. The Kier molecular flexibility index (Phi) is 5.21. The van der Waals surface area contributed by atoms with Gasteiger partial charge in [-0.3, -0.25) is 0 Å². The monoisotopic (exact) mass is 197 g/mol. The third-order valence-electron chi connectivity index (χ3n) is 1.61. The van der Waals surface area contributed by atoms with E-state index in [1.54, 1.807) is 0 Å². The van der Waals surface area contributed by atoms with E-state index in [9.17, 15) is 5.11 Å². The van der Waals surface area contributed by atoms with Gasteiger partial charge in [-0.05, 0) is 0 Å². The van der Waals surface area contributed by atoms with Crippen LogP contribution >= 0.6 is 0 Å². The van der Waals surface area contributed by atoms with Crippen molar-refractivity contribution in [2.75, 3.05) is 20.3 Å². The summed E-state index contributed by atoms with van der Waals surface area (Å²) in [5.74, 6) is 0. The van der Waals surface area contributed by atoms with Crippen LogP contribution in [-0.2, 0) is 4.74 Å². The molecule has 0 aromatic heterocycles. The van der Waals surface area contributed by atoms with Gasteiger partial charge in [0.05, 0.1) is 14.6 Å². The van der Waals surface area contributed by atoms with E-state index >= 15 is 0 Å². The normalized spacial score (nSPS) is 21.8. The summed E-state index contributed by atoms with van der Waals surface area (Å²) in [6.45, 7) is -1.04. The van der Waals surface area contributed by atoms with Crippen LogP contribution in [0.5, 0.6) is 0 Å². The van der Waals surface area contributed by atoms with E-state index in [2.05, 4.69) is 4.74 Å². The molecule has 13 heavy (non-hydrogen) atoms. The molecule has 6 nitrogen and oxygen atoms in total. The highest BCUT2D eigenvalue weighted by molar-refractivity contribution is 4.80. The molecular weight excluding hydrogens is 180 g/mol. The lowest BCUT2D eigenvalue weighted by atomic mass is 10.0. The standard InChI is InChI=1S/C7H16O6/c1-13-3-5(10)7(12)6(11)4(9)2-8/h4-12H,2-3H2,1H3/t4-,5+,6-,7-/m1/s1/i1D. The van der Waals surface area contributed by atoms with E-state index in [1.807, 2.05) is 0 Å². The van der Waals surface area contributed by atoms with E-state index in [0.29, 0.717) is 0 Å². The zero-order chi connectivity index (χ0) is 11.1. The molecule has 0 unspecified atom stereocenters. The van der Waals surface area contributed by atoms with Crippen LogP contribution in [0.25, 0.3) is 0 Å². The summed E-state index contributed by atoms with van der Waals surface area (Å²) in [5, 5.41) is 44.9. The first-order valence-corrected chi connectivity index (χ1v) is 3.74. The van der Waals surface area contributed by atoms with Crippen LogP contribution in [-0.4, -0.2) is 70.2 Å². The van der Waals surface area contributed by atoms with Gasteiger partial charge in [0.25, 0.3) is 0 Å². The molecule has 6 heteroatoms. The molecule has 80 valence electrons. The van der Waals surface area contributed by atoms with Crippen molar-refractivity contribution in [3.8, 4) is 0 Å². The van der Waals surface area contributed by atoms with Gasteiger partial charge in [0.15, 0.2) is 0 Å². The second kappa shape index (κ2) is 6.25. The Morgan fingerprint density at radius 3 is 2.15 bits per heavy atom. The second-order valence-electron chi connectivity index (χ2n) is 2.67. The highest BCUT2D eigenvalue weighted by Gasteiger charge is 2.29. The van der Waals surface area contributed by atoms with Crippen molar-refractivity contribution in [3.63, 3.8) is 0 Å². The van der Waals surface area contributed by atoms with E-state index in [4.69, 9.17) is 21.8 Å². The smallest absolute Gasteiger partial charge is 0.111 e. The van der Waals surface area contributed by atoms with Crippen LogP contribution in [0.4, 0.5) is 0 Å². The lowest BCUT2D eigenvalue weighted by molar-refractivity contribution is -0.126. The number of hydrogen-bond acceptors (Lipinski definition) is 6. The van der Waals surface area contributed by atoms with Crippen LogP contribution in [0.1, 0.15) is 1.37 Å². The van der Waals surface area contributed by atoms with Gasteiger partial charge in [0, 0.05) is 7.09 Å². The minimum atomic E-state index is -1.65. The fraction of sp³-hybridized carbons (Fsp3) is 1.00. The zero-order valence-corrected chi connectivity index (χ0v) is 7.08. The van der Waals surface area contributed by atoms with Crippen molar-refractivity contribution in [2.24, 2.45) is 0 Å². The van der Waals surface area contributed by atoms with Crippen molar-refractivity contribution in [1.82, 2.24) is 0 Å². The van der Waals surface area contributed by atoms with Crippen molar-refractivity contribution in [3.05, 3.63) is 0 Å². The molecule has 0 radical (unpaired) electrons. The summed E-state index contributed by atoms with van der Waals surface area (Å²) in [6.07, 6.45) is -6.19. The number of aliphatic hydroxyl groups is 5. The quantitative estimate of drug-likeness (QED) is 0.312. The van der Waals surface area contributed by atoms with Gasteiger partial charge < -0.3 is 30.3 Å². The highest BCUT2D eigenvalue weighted by Crippen LogP contribution is 2.04. The van der Waals surface area contributed by atoms with Crippen molar-refractivity contribution in [1.29, 1.82) is 0 Å². The Morgan fingerprint density at radius 2 is 1.69 bits per heavy atom. The predicted molar refractivity (Wildman–Crippen MR) is 43.0 cm³/mol. The Hall–Kier alpha value is -0.240. The minimum absolute atomic E-state index is 0.320. The Labute approximate surface area is 77.4 Å². The largest absolute Gasteiger partial charge is 0.394 e. The second-order valence-corrected chi connectivity index (χ2v) is 2.67. The van der Waals surface area contributed by atoms with Gasteiger partial charge in [0.1, 0.15) is 24.4 Å². The molecule has 0 bridgehead atoms. The summed E-state index contributed by atoms with van der Waals surface area (Å²) in [4.78, 5) is 0. The molecule has 0 saturated heterocycles. The van der Waals surface area contributed by atoms with E-state index in [1.165, 1.54) is 0 Å². The molecule has 0 fully saturated rings. The first-order chi connectivity index (χ1) is 6.54. The number of aliphatic hydroxyl groups excluding tert-OH is 5. The fourth-order valence-corrected chi connectivity index (χ4v) is 0.783. The maximum absolute atomic E-state index is 9.20. The van der Waals surface area contributed by atoms with Crippen LogP contribution in [0.3, 0.4) is 0 Å². The predicted octanol–water partition coefficient (Wildman–Crippen LogP) is -2.93. The number of methoxy groups -OCH3 is 1. The van der Waals surface area contributed by atoms with Crippen LogP contribution in [0.2, 0.25) is 0 Å². The maximum Gasteiger partial charge on any atom is 0.111 e. The Morgan fingerprint density at radius 1 is 1.15 bits per heavy atom. The summed E-state index contributed by atoms with van der Waals surface area (Å²) in [6, 6.07) is 0. The topological polar surface area (TPSA) is 110 Å². The Bertz CT molecular complexity index is 146. The summed E-state index contributed by atoms with van der Waals surface area (Å²) in [5.41, 5.74) is 0. The molecule has 0 heterocycles. The molecule has 0 aromatic rings. The van der Waals surface area contributed by atoms with Crippen LogP contribution in [0, 0.1) is 0 Å². The van der Waals surface area contributed by atoms with E-state index in [-0.39, 0.29) is 13.7 Å². The first kappa shape index (κ1) is 10.8. The summed E-state index contributed by atoms with van der Waals surface area (Å²) in [7, 11) is -0.373. The van der Waals surface area contributed by atoms with E-state index in [0.717, 1.165) is 0 Å². The summed E-state index contributed by atoms with van der Waals surface area (Å²) >= 11 is 0. The SMILES string of the molecule is [2H]COC[C@H](O)[C@@H](O)[C@H](O)[C@H](O)CO. The lowest BCUT2D eigenvalue weighted by Crippen LogP contribution is -2.47. The maximum atomic E-state index is 9.20. The molecule has 0 amide bonds. The minimum Gasteiger partial charge on any atom is -0.394 e. The van der Waals surface area contributed by atoms with Crippen molar-refractivity contribution in [2.45, 2.75) is 24.4 Å². The molecule has 0 rings (SSSR count). The fourth-order valence-electron chi connectivity index (χ4n) is 0.783. The molecule has 5 N–H and O–H groups in total. The third-order valence-corrected chi connectivity index (χ3v) is 1.61. The molecular formula is C7H16O6. The average Bonchev–Trinajstić information content (AvgIpc) is 2.22. The zero-order valence-electron chi connectivity index (χ0n) is 8.08. The molecule has 0 aliphatic rings. The molecule has 0 aliphatic heterocycles. The molecule has 0 aliphatic carbocycles. The number of rotatable bonds is 6. The van der Waals surface area contributed by atoms with Gasteiger partial charge in [-0.25, -0.2) is 0 Å². The van der Waals surface area contributed by atoms with Crippen LogP contribution in [0.15, 0.2) is 0 Å². The molecule has 4 atom stereocenters. The highest BCUT2D eigenvalue weighted by atomic mass is 16.5. The molecule has 0 spiro atoms. The van der Waals surface area contributed by atoms with Gasteiger partial charge in [-0.2, -0.15) is 0 Å². The van der Waals surface area contributed by atoms with Gasteiger partial charge in [-0.1, -0.05) is 0 Å². The Balaban J connectivity index is 3.95. The van der Waals surface area contributed by atoms with Crippen molar-refractivity contribution >= 4 is 0 Å². The number of hydrogen-bond donors (Lipinski definition) is 5. The molecule has 0 aromatic carbocycles. The van der Waals surface area contributed by atoms with E-state index < -0.39 is 31.0 Å². The summed E-state index contributed by atoms with van der Waals surface area (Å²) < 4.78 is 11.1. The number of ether oxygens (including phenoxy) is 1. The molecule has 0 saturated carbocycles. The average molecular weight is 197 g/mol. The lowest BCUT2D eigenvalue weighted by Gasteiger charge is -2.24. The van der Waals surface area contributed by atoms with Gasteiger partial charge in [-0.15, -0.1) is 0 Å². The third kappa shape index (κ3) is 3.99. The van der Waals surface area contributed by atoms with Gasteiger partial charge in [0.2, 0.25) is 0 Å².